The molecule has 0 aromatic carbocycles. The van der Waals surface area contributed by atoms with Gasteiger partial charge in [-0.3, -0.25) is 0 Å². The SMILES string of the molecule is [Ba].c1c[nH]cn1. The molecule has 3 heteroatoms. The summed E-state index contributed by atoms with van der Waals surface area (Å²) in [5, 5.41) is 0. The minimum atomic E-state index is 0. The Morgan fingerprint density at radius 1 is 1.50 bits per heavy atom. The largest absolute Gasteiger partial charge is 0.351 e. The zero-order valence-corrected chi connectivity index (χ0v) is 7.83. The first-order valence-electron chi connectivity index (χ1n) is 1.43. The summed E-state index contributed by atoms with van der Waals surface area (Å²) >= 11 is 0. The standard InChI is InChI=1S/C3H4N2.Ba/c1-2-5-3-4-1;/h1-3H,(H,4,5);. The van der Waals surface area contributed by atoms with Crippen LogP contribution in [0, 0.1) is 0 Å². The van der Waals surface area contributed by atoms with E-state index in [1.807, 2.05) is 0 Å². The van der Waals surface area contributed by atoms with Crippen molar-refractivity contribution in [2.75, 3.05) is 0 Å². The number of nitrogens with zero attached hydrogens (tertiary/aromatic N) is 1. The molecule has 0 atom stereocenters. The van der Waals surface area contributed by atoms with Crippen molar-refractivity contribution in [2.45, 2.75) is 0 Å². The van der Waals surface area contributed by atoms with Gasteiger partial charge in [-0.15, -0.1) is 0 Å². The van der Waals surface area contributed by atoms with Gasteiger partial charge in [-0.1, -0.05) is 0 Å². The van der Waals surface area contributed by atoms with Crippen molar-refractivity contribution >= 4 is 48.9 Å². The predicted molar refractivity (Wildman–Crippen MR) is 24.3 cm³/mol. The molecule has 0 aliphatic carbocycles. The van der Waals surface area contributed by atoms with Crippen molar-refractivity contribution in [1.29, 1.82) is 0 Å². The molecular formula is C3H4BaN2. The van der Waals surface area contributed by atoms with Gasteiger partial charge in [0.1, 0.15) is 0 Å². The maximum absolute atomic E-state index is 3.67. The van der Waals surface area contributed by atoms with Gasteiger partial charge in [0.05, 0.1) is 6.33 Å². The van der Waals surface area contributed by atoms with Crippen LogP contribution in [-0.2, 0) is 0 Å². The molecule has 0 aliphatic heterocycles. The van der Waals surface area contributed by atoms with Gasteiger partial charge >= 0.3 is 0 Å². The van der Waals surface area contributed by atoms with Gasteiger partial charge in [-0.2, -0.15) is 0 Å². The summed E-state index contributed by atoms with van der Waals surface area (Å²) in [5.74, 6) is 0. The van der Waals surface area contributed by atoms with Crippen molar-refractivity contribution in [3.8, 4) is 0 Å². The Morgan fingerprint density at radius 2 is 2.33 bits per heavy atom. The Balaban J connectivity index is 0.000000250. The van der Waals surface area contributed by atoms with Crippen LogP contribution in [0.25, 0.3) is 0 Å². The first kappa shape index (κ1) is 6.78. The van der Waals surface area contributed by atoms with Crippen LogP contribution in [0.15, 0.2) is 18.7 Å². The first-order valence-corrected chi connectivity index (χ1v) is 1.43. The fourth-order valence-electron chi connectivity index (χ4n) is 0.215. The van der Waals surface area contributed by atoms with E-state index in [2.05, 4.69) is 9.97 Å². The summed E-state index contributed by atoms with van der Waals surface area (Å²) < 4.78 is 0. The zero-order valence-electron chi connectivity index (χ0n) is 3.39. The molecule has 28 valence electrons. The van der Waals surface area contributed by atoms with Gasteiger partial charge in [0.25, 0.3) is 0 Å². The molecular weight excluding hydrogens is 201 g/mol. The molecule has 1 N–H and O–H groups in total. The second-order valence-corrected chi connectivity index (χ2v) is 0.761. The molecule has 2 nitrogen and oxygen atoms in total. The van der Waals surface area contributed by atoms with Crippen molar-refractivity contribution in [2.24, 2.45) is 0 Å². The number of hydrogen-bond donors (Lipinski definition) is 1. The van der Waals surface area contributed by atoms with Crippen LogP contribution in [0.2, 0.25) is 0 Å². The topological polar surface area (TPSA) is 28.7 Å². The number of aromatic amines is 1. The molecule has 1 rings (SSSR count). The van der Waals surface area contributed by atoms with Gasteiger partial charge in [-0.25, -0.2) is 4.98 Å². The summed E-state index contributed by atoms with van der Waals surface area (Å²) in [5.41, 5.74) is 0. The van der Waals surface area contributed by atoms with Gasteiger partial charge in [0.15, 0.2) is 0 Å². The van der Waals surface area contributed by atoms with E-state index in [-0.39, 0.29) is 48.9 Å². The van der Waals surface area contributed by atoms with Crippen molar-refractivity contribution in [3.63, 3.8) is 0 Å². The van der Waals surface area contributed by atoms with Gasteiger partial charge in [-0.05, 0) is 0 Å². The molecule has 0 saturated heterocycles. The third kappa shape index (κ3) is 2.05. The first-order chi connectivity index (χ1) is 2.50. The van der Waals surface area contributed by atoms with E-state index < -0.39 is 0 Å². The Hall–Kier alpha value is 0.781. The monoisotopic (exact) mass is 206 g/mol. The smallest absolute Gasteiger partial charge is 0.0919 e. The molecule has 6 heavy (non-hydrogen) atoms. The van der Waals surface area contributed by atoms with E-state index in [4.69, 9.17) is 0 Å². The Kier molecular flexibility index (Phi) is 4.47. The minimum Gasteiger partial charge on any atom is -0.351 e. The fourth-order valence-corrected chi connectivity index (χ4v) is 0.215. The van der Waals surface area contributed by atoms with Crippen LogP contribution in [-0.4, -0.2) is 58.8 Å². The molecule has 0 unspecified atom stereocenters. The molecule has 0 saturated carbocycles. The van der Waals surface area contributed by atoms with Crippen molar-refractivity contribution < 1.29 is 0 Å². The molecule has 0 spiro atoms. The van der Waals surface area contributed by atoms with E-state index in [0.717, 1.165) is 0 Å². The molecule has 0 bridgehead atoms. The number of rotatable bonds is 0. The Bertz CT molecular complexity index is 65.3. The number of hydrogen-bond acceptors (Lipinski definition) is 1. The summed E-state index contributed by atoms with van der Waals surface area (Å²) in [6.45, 7) is 0. The van der Waals surface area contributed by atoms with Gasteiger partial charge in [0.2, 0.25) is 0 Å². The van der Waals surface area contributed by atoms with E-state index in [1.165, 1.54) is 0 Å². The van der Waals surface area contributed by atoms with Crippen LogP contribution in [0.1, 0.15) is 0 Å². The molecule has 2 radical (unpaired) electrons. The summed E-state index contributed by atoms with van der Waals surface area (Å²) in [4.78, 5) is 6.42. The molecule has 0 fully saturated rings. The number of imidazole rings is 1. The molecule has 1 aromatic rings. The molecule has 1 heterocycles. The van der Waals surface area contributed by atoms with Crippen LogP contribution in [0.4, 0.5) is 0 Å². The second-order valence-electron chi connectivity index (χ2n) is 0.761. The Morgan fingerprint density at radius 3 is 2.50 bits per heavy atom. The zero-order chi connectivity index (χ0) is 3.54. The fraction of sp³-hybridized carbons (Fsp3) is 0. The van der Waals surface area contributed by atoms with Crippen LogP contribution >= 0.6 is 0 Å². The summed E-state index contributed by atoms with van der Waals surface area (Å²) in [6, 6.07) is 0. The van der Waals surface area contributed by atoms with Crippen LogP contribution < -0.4 is 0 Å². The number of nitrogens with one attached hydrogen (secondary N) is 1. The quantitative estimate of drug-likeness (QED) is 0.595. The van der Waals surface area contributed by atoms with Gasteiger partial charge in [0, 0.05) is 61.3 Å². The van der Waals surface area contributed by atoms with E-state index in [9.17, 15) is 0 Å². The third-order valence-corrected chi connectivity index (χ3v) is 0.406. The predicted octanol–water partition coefficient (Wildman–Crippen LogP) is 0.0289. The maximum Gasteiger partial charge on any atom is 0.0919 e. The number of aromatic nitrogens is 2. The molecule has 0 aliphatic rings. The molecule has 0 amide bonds. The Labute approximate surface area is 76.4 Å². The van der Waals surface area contributed by atoms with E-state index in [1.54, 1.807) is 18.7 Å². The van der Waals surface area contributed by atoms with Gasteiger partial charge < -0.3 is 4.98 Å². The number of H-pyrrole nitrogens is 1. The van der Waals surface area contributed by atoms with Crippen LogP contribution in [0.3, 0.4) is 0 Å². The average Bonchev–Trinajstić information content (AvgIpc) is 1.76. The maximum atomic E-state index is 3.67. The minimum absolute atomic E-state index is 0. The summed E-state index contributed by atoms with van der Waals surface area (Å²) in [6.07, 6.45) is 5.08. The van der Waals surface area contributed by atoms with Crippen molar-refractivity contribution in [1.82, 2.24) is 9.97 Å². The van der Waals surface area contributed by atoms with E-state index in [0.29, 0.717) is 0 Å². The molecule has 1 aromatic heterocycles. The van der Waals surface area contributed by atoms with Crippen LogP contribution in [0.5, 0.6) is 0 Å². The average molecular weight is 205 g/mol. The third-order valence-electron chi connectivity index (χ3n) is 0.406. The normalized spacial score (nSPS) is 6.67. The summed E-state index contributed by atoms with van der Waals surface area (Å²) in [7, 11) is 0. The second kappa shape index (κ2) is 3.95. The van der Waals surface area contributed by atoms with Crippen molar-refractivity contribution in [3.05, 3.63) is 18.7 Å². The van der Waals surface area contributed by atoms with E-state index >= 15 is 0 Å².